The highest BCUT2D eigenvalue weighted by molar-refractivity contribution is 7.99. The Balaban J connectivity index is 2.43. The van der Waals surface area contributed by atoms with Crippen molar-refractivity contribution in [1.29, 1.82) is 0 Å². The summed E-state index contributed by atoms with van der Waals surface area (Å²) in [4.78, 5) is 22.0. The monoisotopic (exact) mass is 305 g/mol. The van der Waals surface area contributed by atoms with Crippen molar-refractivity contribution in [2.24, 2.45) is 5.18 Å². The molecular weight excluding hydrogens is 294 g/mol. The topological polar surface area (TPSA) is 108 Å². The summed E-state index contributed by atoms with van der Waals surface area (Å²) in [6, 6.07) is 9.07. The summed E-state index contributed by atoms with van der Waals surface area (Å²) in [7, 11) is 1.52. The Morgan fingerprint density at radius 2 is 2.00 bits per heavy atom. The van der Waals surface area contributed by atoms with E-state index in [2.05, 4.69) is 5.18 Å². The summed E-state index contributed by atoms with van der Waals surface area (Å²) in [6.45, 7) is 0. The summed E-state index contributed by atoms with van der Waals surface area (Å²) in [5, 5.41) is 13.8. The molecule has 2 aromatic rings. The summed E-state index contributed by atoms with van der Waals surface area (Å²) in [5.74, 6) is 0.598. The zero-order valence-corrected chi connectivity index (χ0v) is 11.8. The Hall–Kier alpha value is -2.61. The summed E-state index contributed by atoms with van der Waals surface area (Å²) in [5.41, 5.74) is 6.15. The van der Waals surface area contributed by atoms with E-state index in [1.807, 2.05) is 0 Å². The number of nitrogens with zero attached hydrogens (tertiary/aromatic N) is 2. The molecule has 0 aliphatic heterocycles. The van der Waals surface area contributed by atoms with Crippen molar-refractivity contribution in [2.75, 3.05) is 12.8 Å². The van der Waals surface area contributed by atoms with Crippen molar-refractivity contribution in [3.8, 4) is 5.75 Å². The third-order valence-corrected chi connectivity index (χ3v) is 3.82. The van der Waals surface area contributed by atoms with E-state index in [0.717, 1.165) is 17.8 Å². The van der Waals surface area contributed by atoms with Crippen LogP contribution in [-0.2, 0) is 0 Å². The standard InChI is InChI=1S/C13H11N3O4S/c1-20-9-3-4-10(14)13(7-9)21-12-5-2-8(15-17)6-11(12)16(18)19/h2-7H,14H2,1H3. The van der Waals surface area contributed by atoms with Crippen molar-refractivity contribution in [3.63, 3.8) is 0 Å². The van der Waals surface area contributed by atoms with Crippen LogP contribution < -0.4 is 10.5 Å². The van der Waals surface area contributed by atoms with E-state index in [1.165, 1.54) is 19.2 Å². The quantitative estimate of drug-likeness (QED) is 0.390. The number of nitro groups is 1. The van der Waals surface area contributed by atoms with Crippen molar-refractivity contribution in [1.82, 2.24) is 0 Å². The van der Waals surface area contributed by atoms with Crippen molar-refractivity contribution < 1.29 is 9.66 Å². The van der Waals surface area contributed by atoms with E-state index in [4.69, 9.17) is 10.5 Å². The fourth-order valence-electron chi connectivity index (χ4n) is 1.64. The minimum absolute atomic E-state index is 0.00432. The number of methoxy groups -OCH3 is 1. The van der Waals surface area contributed by atoms with Gasteiger partial charge in [0.2, 0.25) is 0 Å². The molecule has 0 aliphatic carbocycles. The molecule has 8 heteroatoms. The average molecular weight is 305 g/mol. The van der Waals surface area contributed by atoms with Gasteiger partial charge in [0.05, 0.1) is 16.9 Å². The second-order valence-corrected chi connectivity index (χ2v) is 5.09. The minimum atomic E-state index is -0.562. The van der Waals surface area contributed by atoms with Crippen LogP contribution in [0.5, 0.6) is 5.75 Å². The second-order valence-electron chi connectivity index (χ2n) is 4.01. The number of nitro benzene ring substituents is 1. The summed E-state index contributed by atoms with van der Waals surface area (Å²) in [6.07, 6.45) is 0. The maximum Gasteiger partial charge on any atom is 0.285 e. The van der Waals surface area contributed by atoms with Gasteiger partial charge in [-0.3, -0.25) is 10.1 Å². The normalized spacial score (nSPS) is 10.1. The molecule has 2 rings (SSSR count). The molecule has 0 bridgehead atoms. The molecule has 0 saturated carbocycles. The third kappa shape index (κ3) is 3.29. The van der Waals surface area contributed by atoms with Gasteiger partial charge in [0.25, 0.3) is 5.69 Å². The number of nitrogen functional groups attached to an aromatic ring is 1. The van der Waals surface area contributed by atoms with Crippen molar-refractivity contribution in [2.45, 2.75) is 9.79 Å². The van der Waals surface area contributed by atoms with E-state index >= 15 is 0 Å². The molecule has 0 saturated heterocycles. The van der Waals surface area contributed by atoms with E-state index in [0.29, 0.717) is 21.2 Å². The van der Waals surface area contributed by atoms with E-state index < -0.39 is 4.92 Å². The van der Waals surface area contributed by atoms with Gasteiger partial charge in [-0.25, -0.2) is 0 Å². The fraction of sp³-hybridized carbons (Fsp3) is 0.0769. The number of benzene rings is 2. The van der Waals surface area contributed by atoms with Gasteiger partial charge < -0.3 is 10.5 Å². The predicted octanol–water partition coefficient (Wildman–Crippen LogP) is 3.73. The zero-order valence-electron chi connectivity index (χ0n) is 11.0. The first-order valence-corrected chi connectivity index (χ1v) is 6.60. The van der Waals surface area contributed by atoms with Crippen LogP contribution >= 0.6 is 11.8 Å². The first kappa shape index (κ1) is 14.8. The van der Waals surface area contributed by atoms with Crippen LogP contribution in [0, 0.1) is 15.0 Å². The predicted molar refractivity (Wildman–Crippen MR) is 80.1 cm³/mol. The Bertz CT molecular complexity index is 706. The van der Waals surface area contributed by atoms with Crippen molar-refractivity contribution in [3.05, 3.63) is 51.4 Å². The first-order chi connectivity index (χ1) is 10.0. The van der Waals surface area contributed by atoms with E-state index in [-0.39, 0.29) is 11.4 Å². The van der Waals surface area contributed by atoms with Crippen LogP contribution in [0.2, 0.25) is 0 Å². The third-order valence-electron chi connectivity index (χ3n) is 2.69. The Morgan fingerprint density at radius 1 is 1.24 bits per heavy atom. The van der Waals surface area contributed by atoms with Crippen LogP contribution in [0.3, 0.4) is 0 Å². The van der Waals surface area contributed by atoms with Crippen LogP contribution in [-0.4, -0.2) is 12.0 Å². The Morgan fingerprint density at radius 3 is 2.62 bits per heavy atom. The largest absolute Gasteiger partial charge is 0.497 e. The number of anilines is 1. The maximum absolute atomic E-state index is 11.1. The molecule has 0 unspecified atom stereocenters. The number of hydrogen-bond donors (Lipinski definition) is 1. The van der Waals surface area contributed by atoms with Gasteiger partial charge in [0.1, 0.15) is 11.4 Å². The summed E-state index contributed by atoms with van der Waals surface area (Å²) < 4.78 is 5.10. The molecule has 0 fully saturated rings. The van der Waals surface area contributed by atoms with Gasteiger partial charge in [-0.15, -0.1) is 4.91 Å². The lowest BCUT2D eigenvalue weighted by molar-refractivity contribution is -0.387. The summed E-state index contributed by atoms with van der Waals surface area (Å²) >= 11 is 1.13. The van der Waals surface area contributed by atoms with Gasteiger partial charge in [-0.05, 0) is 35.5 Å². The molecule has 0 aromatic heterocycles. The molecule has 0 amide bonds. The second kappa shape index (κ2) is 6.23. The van der Waals surface area contributed by atoms with Crippen LogP contribution in [0.1, 0.15) is 0 Å². The molecule has 7 nitrogen and oxygen atoms in total. The maximum atomic E-state index is 11.1. The van der Waals surface area contributed by atoms with Gasteiger partial charge >= 0.3 is 0 Å². The molecule has 2 N–H and O–H groups in total. The molecule has 108 valence electrons. The smallest absolute Gasteiger partial charge is 0.285 e. The lowest BCUT2D eigenvalue weighted by Gasteiger charge is -2.08. The van der Waals surface area contributed by atoms with Gasteiger partial charge in [0.15, 0.2) is 0 Å². The zero-order chi connectivity index (χ0) is 15.4. The Kier molecular flexibility index (Phi) is 4.39. The van der Waals surface area contributed by atoms with E-state index in [1.54, 1.807) is 18.2 Å². The molecule has 0 spiro atoms. The average Bonchev–Trinajstić information content (AvgIpc) is 2.49. The van der Waals surface area contributed by atoms with E-state index in [9.17, 15) is 15.0 Å². The van der Waals surface area contributed by atoms with Crippen molar-refractivity contribution >= 4 is 28.8 Å². The lowest BCUT2D eigenvalue weighted by atomic mass is 10.3. The molecular formula is C13H11N3O4S. The molecule has 0 atom stereocenters. The highest BCUT2D eigenvalue weighted by Crippen LogP contribution is 2.40. The van der Waals surface area contributed by atoms with Gasteiger partial charge in [-0.2, -0.15) is 0 Å². The number of rotatable bonds is 5. The fourth-order valence-corrected chi connectivity index (χ4v) is 2.61. The molecule has 0 heterocycles. The Labute approximate surface area is 124 Å². The SMILES string of the molecule is COc1ccc(N)c(Sc2ccc(N=O)cc2[N+](=O)[O-])c1. The number of hydrogen-bond acceptors (Lipinski definition) is 7. The highest BCUT2D eigenvalue weighted by Gasteiger charge is 2.17. The minimum Gasteiger partial charge on any atom is -0.497 e. The molecule has 21 heavy (non-hydrogen) atoms. The van der Waals surface area contributed by atoms with Gasteiger partial charge in [-0.1, -0.05) is 11.8 Å². The van der Waals surface area contributed by atoms with Gasteiger partial charge in [0, 0.05) is 16.6 Å². The lowest BCUT2D eigenvalue weighted by Crippen LogP contribution is -1.93. The molecule has 0 aliphatic rings. The highest BCUT2D eigenvalue weighted by atomic mass is 32.2. The molecule has 2 aromatic carbocycles. The molecule has 0 radical (unpaired) electrons. The first-order valence-electron chi connectivity index (χ1n) is 5.78. The van der Waals surface area contributed by atoms with Crippen LogP contribution in [0.4, 0.5) is 17.1 Å². The van der Waals surface area contributed by atoms with Crippen LogP contribution in [0.15, 0.2) is 51.4 Å². The van der Waals surface area contributed by atoms with Crippen LogP contribution in [0.25, 0.3) is 0 Å². The number of nitrogens with two attached hydrogens (primary N) is 1. The number of nitroso groups, excluding NO2 is 1. The number of ether oxygens (including phenoxy) is 1.